The molecule has 2 aromatic carbocycles. The Balaban J connectivity index is 1.98. The van der Waals surface area contributed by atoms with Gasteiger partial charge in [-0.2, -0.15) is 0 Å². The quantitative estimate of drug-likeness (QED) is 0.743. The smallest absolute Gasteiger partial charge is 0.0453 e. The van der Waals surface area contributed by atoms with E-state index in [1.54, 1.807) is 0 Å². The number of likely N-dealkylation sites (N-methyl/N-ethyl adjacent to an activating group) is 1. The summed E-state index contributed by atoms with van der Waals surface area (Å²) in [5, 5.41) is 4.99. The van der Waals surface area contributed by atoms with Crippen molar-refractivity contribution in [2.45, 2.75) is 32.2 Å². The van der Waals surface area contributed by atoms with Gasteiger partial charge in [0.15, 0.2) is 0 Å². The molecular weight excluding hydrogens is 301 g/mol. The first-order valence-electron chi connectivity index (χ1n) is 7.40. The van der Waals surface area contributed by atoms with Crippen LogP contribution in [0.1, 0.15) is 24.5 Å². The van der Waals surface area contributed by atoms with Gasteiger partial charge in [-0.25, -0.2) is 0 Å². The number of nitrogens with one attached hydrogen (secondary N) is 1. The van der Waals surface area contributed by atoms with Crippen LogP contribution in [0.15, 0.2) is 48.5 Å². The number of hydrogen-bond acceptors (Lipinski definition) is 1. The molecule has 0 aliphatic rings. The molecule has 0 aliphatic heterocycles. The van der Waals surface area contributed by atoms with Crippen LogP contribution in [0.25, 0.3) is 0 Å². The van der Waals surface area contributed by atoms with Crippen LogP contribution in [0.2, 0.25) is 10.0 Å². The molecule has 0 aromatic heterocycles. The molecule has 0 fully saturated rings. The topological polar surface area (TPSA) is 12.0 Å². The number of hydrogen-bond donors (Lipinski definition) is 1. The number of aryl methyl sites for hydroxylation is 1. The Morgan fingerprint density at radius 3 is 2.48 bits per heavy atom. The lowest BCUT2D eigenvalue weighted by Crippen LogP contribution is -2.31. The van der Waals surface area contributed by atoms with Crippen LogP contribution in [0.3, 0.4) is 0 Å². The van der Waals surface area contributed by atoms with Gasteiger partial charge >= 0.3 is 0 Å². The summed E-state index contributed by atoms with van der Waals surface area (Å²) < 4.78 is 0. The van der Waals surface area contributed by atoms with Crippen LogP contribution in [0.4, 0.5) is 0 Å². The van der Waals surface area contributed by atoms with Gasteiger partial charge in [0.05, 0.1) is 0 Å². The predicted octanol–water partition coefficient (Wildman–Crippen LogP) is 5.15. The SMILES string of the molecule is CCNC(CCc1ccccc1)Cc1ccc(Cl)cc1Cl. The largest absolute Gasteiger partial charge is 0.314 e. The van der Waals surface area contributed by atoms with Crippen molar-refractivity contribution in [2.75, 3.05) is 6.54 Å². The first-order valence-corrected chi connectivity index (χ1v) is 8.16. The van der Waals surface area contributed by atoms with E-state index in [9.17, 15) is 0 Å². The highest BCUT2D eigenvalue weighted by atomic mass is 35.5. The first kappa shape index (κ1) is 16.4. The fraction of sp³-hybridized carbons (Fsp3) is 0.333. The standard InChI is InChI=1S/C18H21Cl2N/c1-2-21-17(11-8-14-6-4-3-5-7-14)12-15-9-10-16(19)13-18(15)20/h3-7,9-10,13,17,21H,2,8,11-12H2,1H3. The van der Waals surface area contributed by atoms with Crippen LogP contribution in [0.5, 0.6) is 0 Å². The van der Waals surface area contributed by atoms with Crippen LogP contribution >= 0.6 is 23.2 Å². The van der Waals surface area contributed by atoms with Gasteiger partial charge in [-0.15, -0.1) is 0 Å². The summed E-state index contributed by atoms with van der Waals surface area (Å²) in [7, 11) is 0. The van der Waals surface area contributed by atoms with E-state index in [2.05, 4.69) is 42.6 Å². The third-order valence-electron chi connectivity index (χ3n) is 3.60. The molecule has 2 aromatic rings. The van der Waals surface area contributed by atoms with Crippen molar-refractivity contribution >= 4 is 23.2 Å². The molecule has 1 N–H and O–H groups in total. The minimum atomic E-state index is 0.425. The Morgan fingerprint density at radius 1 is 1.05 bits per heavy atom. The number of rotatable bonds is 7. The summed E-state index contributed by atoms with van der Waals surface area (Å²) in [5.41, 5.74) is 2.53. The van der Waals surface area contributed by atoms with E-state index in [0.29, 0.717) is 11.1 Å². The van der Waals surface area contributed by atoms with Crippen molar-refractivity contribution in [3.8, 4) is 0 Å². The van der Waals surface area contributed by atoms with E-state index in [4.69, 9.17) is 23.2 Å². The minimum Gasteiger partial charge on any atom is -0.314 e. The van der Waals surface area contributed by atoms with Gasteiger partial charge in [-0.3, -0.25) is 0 Å². The number of benzene rings is 2. The fourth-order valence-corrected chi connectivity index (χ4v) is 2.99. The predicted molar refractivity (Wildman–Crippen MR) is 92.4 cm³/mol. The summed E-state index contributed by atoms with van der Waals surface area (Å²) >= 11 is 12.2. The van der Waals surface area contributed by atoms with Gasteiger partial charge in [-0.1, -0.05) is 66.5 Å². The second kappa shape index (κ2) is 8.43. The summed E-state index contributed by atoms with van der Waals surface area (Å²) in [6.45, 7) is 3.10. The first-order chi connectivity index (χ1) is 10.2. The molecule has 112 valence electrons. The zero-order valence-electron chi connectivity index (χ0n) is 12.3. The molecule has 0 amide bonds. The fourth-order valence-electron chi connectivity index (χ4n) is 2.50. The average molecular weight is 322 g/mol. The van der Waals surface area contributed by atoms with Crippen molar-refractivity contribution in [1.82, 2.24) is 5.32 Å². The van der Waals surface area contributed by atoms with Gasteiger partial charge < -0.3 is 5.32 Å². The van der Waals surface area contributed by atoms with E-state index in [0.717, 1.165) is 36.4 Å². The molecule has 0 heterocycles. The monoisotopic (exact) mass is 321 g/mol. The van der Waals surface area contributed by atoms with Gasteiger partial charge in [0, 0.05) is 16.1 Å². The highest BCUT2D eigenvalue weighted by Crippen LogP contribution is 2.23. The maximum atomic E-state index is 6.28. The van der Waals surface area contributed by atoms with Crippen LogP contribution in [0, 0.1) is 0 Å². The normalized spacial score (nSPS) is 12.3. The lowest BCUT2D eigenvalue weighted by molar-refractivity contribution is 0.491. The summed E-state index contributed by atoms with van der Waals surface area (Å²) in [6.07, 6.45) is 3.09. The Bertz CT molecular complexity index is 554. The van der Waals surface area contributed by atoms with Crippen LogP contribution in [-0.4, -0.2) is 12.6 Å². The van der Waals surface area contributed by atoms with E-state index < -0.39 is 0 Å². The van der Waals surface area contributed by atoms with E-state index in [1.807, 2.05) is 18.2 Å². The van der Waals surface area contributed by atoms with E-state index >= 15 is 0 Å². The minimum absolute atomic E-state index is 0.425. The third-order valence-corrected chi connectivity index (χ3v) is 4.19. The Hall–Kier alpha value is -1.02. The zero-order valence-corrected chi connectivity index (χ0v) is 13.8. The van der Waals surface area contributed by atoms with Gasteiger partial charge in [0.1, 0.15) is 0 Å². The molecule has 1 nitrogen and oxygen atoms in total. The Kier molecular flexibility index (Phi) is 6.56. The maximum absolute atomic E-state index is 6.28. The molecule has 2 rings (SSSR count). The van der Waals surface area contributed by atoms with Crippen molar-refractivity contribution in [3.63, 3.8) is 0 Å². The maximum Gasteiger partial charge on any atom is 0.0453 e. The molecule has 0 saturated heterocycles. The number of halogens is 2. The van der Waals surface area contributed by atoms with E-state index in [-0.39, 0.29) is 0 Å². The average Bonchev–Trinajstić information content (AvgIpc) is 2.49. The van der Waals surface area contributed by atoms with Crippen LogP contribution in [-0.2, 0) is 12.8 Å². The molecule has 0 saturated carbocycles. The molecule has 0 aliphatic carbocycles. The molecule has 3 heteroatoms. The molecule has 0 spiro atoms. The Labute approximate surface area is 137 Å². The molecule has 1 atom stereocenters. The van der Waals surface area contributed by atoms with Gasteiger partial charge in [0.2, 0.25) is 0 Å². The molecule has 0 bridgehead atoms. The second-order valence-corrected chi connectivity index (χ2v) is 6.06. The summed E-state index contributed by atoms with van der Waals surface area (Å²) in [6, 6.07) is 16.8. The highest BCUT2D eigenvalue weighted by molar-refractivity contribution is 6.35. The molecule has 21 heavy (non-hydrogen) atoms. The lowest BCUT2D eigenvalue weighted by atomic mass is 9.99. The van der Waals surface area contributed by atoms with E-state index in [1.165, 1.54) is 5.56 Å². The van der Waals surface area contributed by atoms with Crippen LogP contribution < -0.4 is 5.32 Å². The third kappa shape index (κ3) is 5.35. The van der Waals surface area contributed by atoms with Crippen molar-refractivity contribution < 1.29 is 0 Å². The van der Waals surface area contributed by atoms with Gasteiger partial charge in [-0.05, 0) is 49.1 Å². The van der Waals surface area contributed by atoms with Crippen molar-refractivity contribution in [1.29, 1.82) is 0 Å². The van der Waals surface area contributed by atoms with Crippen molar-refractivity contribution in [3.05, 3.63) is 69.7 Å². The summed E-state index contributed by atoms with van der Waals surface area (Å²) in [5.74, 6) is 0. The Morgan fingerprint density at radius 2 is 1.81 bits per heavy atom. The molecular formula is C18H21Cl2N. The zero-order chi connectivity index (χ0) is 15.1. The lowest BCUT2D eigenvalue weighted by Gasteiger charge is -2.19. The molecule has 0 radical (unpaired) electrons. The summed E-state index contributed by atoms with van der Waals surface area (Å²) in [4.78, 5) is 0. The highest BCUT2D eigenvalue weighted by Gasteiger charge is 2.11. The molecule has 1 unspecified atom stereocenters. The van der Waals surface area contributed by atoms with Crippen molar-refractivity contribution in [2.24, 2.45) is 0 Å². The van der Waals surface area contributed by atoms with Gasteiger partial charge in [0.25, 0.3) is 0 Å². The second-order valence-electron chi connectivity index (χ2n) is 5.22.